The molecule has 4 nitrogen and oxygen atoms in total. The number of benzene rings is 3. The fourth-order valence-corrected chi connectivity index (χ4v) is 3.88. The van der Waals surface area contributed by atoms with E-state index in [-0.39, 0.29) is 18.3 Å². The van der Waals surface area contributed by atoms with E-state index in [1.807, 2.05) is 48.5 Å². The lowest BCUT2D eigenvalue weighted by Gasteiger charge is -2.27. The van der Waals surface area contributed by atoms with Crippen molar-refractivity contribution in [1.82, 2.24) is 0 Å². The number of carboxylic acids is 1. The highest BCUT2D eigenvalue weighted by atomic mass is 19.4. The van der Waals surface area contributed by atoms with Crippen LogP contribution in [0.4, 0.5) is 13.2 Å². The molecule has 1 N–H and O–H groups in total. The van der Waals surface area contributed by atoms with Gasteiger partial charge in [0, 0.05) is 6.42 Å². The average molecular weight is 456 g/mol. The van der Waals surface area contributed by atoms with Crippen LogP contribution < -0.4 is 9.47 Å². The molecule has 0 spiro atoms. The summed E-state index contributed by atoms with van der Waals surface area (Å²) in [5, 5.41) is 8.90. The third kappa shape index (κ3) is 6.06. The van der Waals surface area contributed by atoms with E-state index in [1.165, 1.54) is 6.07 Å². The van der Waals surface area contributed by atoms with E-state index in [1.54, 1.807) is 12.1 Å². The maximum absolute atomic E-state index is 12.4. The van der Waals surface area contributed by atoms with Gasteiger partial charge >= 0.3 is 12.1 Å². The van der Waals surface area contributed by atoms with Gasteiger partial charge in [-0.05, 0) is 65.3 Å². The number of fused-ring (bicyclic) bond motifs is 1. The lowest BCUT2D eigenvalue weighted by atomic mass is 9.94. The van der Waals surface area contributed by atoms with Crippen LogP contribution in [0.3, 0.4) is 0 Å². The molecule has 0 amide bonds. The summed E-state index contributed by atoms with van der Waals surface area (Å²) >= 11 is 0. The number of aryl methyl sites for hydroxylation is 2. The van der Waals surface area contributed by atoms with E-state index >= 15 is 0 Å². The van der Waals surface area contributed by atoms with Crippen LogP contribution in [0.5, 0.6) is 11.5 Å². The Hall–Kier alpha value is -3.48. The summed E-state index contributed by atoms with van der Waals surface area (Å²) in [6.07, 6.45) is -2.29. The van der Waals surface area contributed by atoms with Gasteiger partial charge in [-0.25, -0.2) is 0 Å². The van der Waals surface area contributed by atoms with Gasteiger partial charge in [-0.2, -0.15) is 13.2 Å². The molecule has 1 heterocycles. The number of alkyl halides is 3. The molecule has 0 saturated heterocycles. The van der Waals surface area contributed by atoms with Gasteiger partial charge in [-0.15, -0.1) is 0 Å². The highest BCUT2D eigenvalue weighted by molar-refractivity contribution is 5.67. The molecule has 1 aliphatic heterocycles. The van der Waals surface area contributed by atoms with Crippen molar-refractivity contribution in [3.05, 3.63) is 83.4 Å². The van der Waals surface area contributed by atoms with Crippen LogP contribution in [-0.2, 0) is 17.6 Å². The predicted octanol–water partition coefficient (Wildman–Crippen LogP) is 6.38. The standard InChI is InChI=1S/C26H23F3O4/c27-26(28,29)16-32-22-3-1-2-21(15-22)18-7-9-19(10-8-18)23-12-11-20-6-4-17(5-13-25(30)31)14-24(20)33-23/h1-4,6-10,14-15,23H,5,11-13,16H2,(H,30,31). The number of carbonyl (C=O) groups is 1. The number of hydrogen-bond donors (Lipinski definition) is 1. The molecule has 0 fully saturated rings. The number of rotatable bonds is 7. The summed E-state index contributed by atoms with van der Waals surface area (Å²) in [5.41, 5.74) is 4.67. The van der Waals surface area contributed by atoms with Crippen LogP contribution in [0.2, 0.25) is 0 Å². The highest BCUT2D eigenvalue weighted by Crippen LogP contribution is 2.36. The molecule has 0 saturated carbocycles. The van der Waals surface area contributed by atoms with Gasteiger partial charge < -0.3 is 14.6 Å². The first-order valence-corrected chi connectivity index (χ1v) is 10.7. The van der Waals surface area contributed by atoms with Crippen LogP contribution in [0, 0.1) is 0 Å². The van der Waals surface area contributed by atoms with Crippen LogP contribution in [0.25, 0.3) is 11.1 Å². The predicted molar refractivity (Wildman–Crippen MR) is 118 cm³/mol. The zero-order valence-corrected chi connectivity index (χ0v) is 17.8. The molecule has 0 aromatic heterocycles. The molecule has 1 unspecified atom stereocenters. The topological polar surface area (TPSA) is 55.8 Å². The lowest BCUT2D eigenvalue weighted by molar-refractivity contribution is -0.153. The SMILES string of the molecule is O=C(O)CCc1ccc2c(c1)OC(c1ccc(-c3cccc(OCC(F)(F)F)c3)cc1)CC2. The van der Waals surface area contributed by atoms with E-state index in [9.17, 15) is 18.0 Å². The van der Waals surface area contributed by atoms with Crippen molar-refractivity contribution >= 4 is 5.97 Å². The monoisotopic (exact) mass is 456 g/mol. The normalized spacial score (nSPS) is 15.4. The maximum Gasteiger partial charge on any atom is 0.422 e. The fraction of sp³-hybridized carbons (Fsp3) is 0.269. The first-order chi connectivity index (χ1) is 15.8. The van der Waals surface area contributed by atoms with E-state index in [0.29, 0.717) is 6.42 Å². The molecule has 4 rings (SSSR count). The van der Waals surface area contributed by atoms with Crippen molar-refractivity contribution in [2.45, 2.75) is 38.0 Å². The van der Waals surface area contributed by atoms with Crippen molar-refractivity contribution in [1.29, 1.82) is 0 Å². The van der Waals surface area contributed by atoms with Gasteiger partial charge in [0.15, 0.2) is 6.61 Å². The fourth-order valence-electron chi connectivity index (χ4n) is 3.88. The van der Waals surface area contributed by atoms with E-state index in [0.717, 1.165) is 46.4 Å². The second kappa shape index (κ2) is 9.57. The highest BCUT2D eigenvalue weighted by Gasteiger charge is 2.28. The van der Waals surface area contributed by atoms with Gasteiger partial charge in [0.25, 0.3) is 0 Å². The molecular formula is C26H23F3O4. The average Bonchev–Trinajstić information content (AvgIpc) is 2.81. The number of carboxylic acid groups (broad SMARTS) is 1. The lowest BCUT2D eigenvalue weighted by Crippen LogP contribution is -2.19. The molecule has 0 radical (unpaired) electrons. The quantitative estimate of drug-likeness (QED) is 0.448. The molecule has 172 valence electrons. The van der Waals surface area contributed by atoms with Crippen LogP contribution in [-0.4, -0.2) is 23.9 Å². The van der Waals surface area contributed by atoms with Gasteiger partial charge in [0.1, 0.15) is 17.6 Å². The Labute approximate surface area is 189 Å². The molecule has 0 bridgehead atoms. The van der Waals surface area contributed by atoms with Crippen LogP contribution in [0.1, 0.15) is 35.6 Å². The van der Waals surface area contributed by atoms with Crippen molar-refractivity contribution < 1.29 is 32.5 Å². The van der Waals surface area contributed by atoms with Gasteiger partial charge in [0.05, 0.1) is 0 Å². The molecular weight excluding hydrogens is 433 g/mol. The Morgan fingerprint density at radius 3 is 2.55 bits per heavy atom. The Bertz CT molecular complexity index is 1120. The summed E-state index contributed by atoms with van der Waals surface area (Å²) in [4.78, 5) is 10.8. The third-order valence-corrected chi connectivity index (χ3v) is 5.56. The smallest absolute Gasteiger partial charge is 0.422 e. The second-order valence-electron chi connectivity index (χ2n) is 8.03. The Balaban J connectivity index is 1.45. The molecule has 3 aromatic rings. The van der Waals surface area contributed by atoms with Gasteiger partial charge in [0.2, 0.25) is 0 Å². The molecule has 33 heavy (non-hydrogen) atoms. The molecule has 7 heteroatoms. The zero-order chi connectivity index (χ0) is 23.4. The Kier molecular flexibility index (Phi) is 6.58. The maximum atomic E-state index is 12.4. The summed E-state index contributed by atoms with van der Waals surface area (Å²) in [6.45, 7) is -1.33. The molecule has 3 aromatic carbocycles. The second-order valence-corrected chi connectivity index (χ2v) is 8.03. The van der Waals surface area contributed by atoms with Crippen LogP contribution in [0.15, 0.2) is 66.7 Å². The minimum atomic E-state index is -4.38. The minimum Gasteiger partial charge on any atom is -0.485 e. The summed E-state index contributed by atoms with van der Waals surface area (Å²) in [7, 11) is 0. The summed E-state index contributed by atoms with van der Waals surface area (Å²) in [5.74, 6) is 0.122. The Morgan fingerprint density at radius 1 is 1.03 bits per heavy atom. The largest absolute Gasteiger partial charge is 0.485 e. The van der Waals surface area contributed by atoms with Crippen molar-refractivity contribution in [2.24, 2.45) is 0 Å². The van der Waals surface area contributed by atoms with Crippen molar-refractivity contribution in [2.75, 3.05) is 6.61 Å². The van der Waals surface area contributed by atoms with Gasteiger partial charge in [-0.3, -0.25) is 4.79 Å². The Morgan fingerprint density at radius 2 is 1.82 bits per heavy atom. The van der Waals surface area contributed by atoms with Crippen LogP contribution >= 0.6 is 0 Å². The first-order valence-electron chi connectivity index (χ1n) is 10.7. The van der Waals surface area contributed by atoms with E-state index in [2.05, 4.69) is 0 Å². The molecule has 1 atom stereocenters. The number of aliphatic carboxylic acids is 1. The number of halogens is 3. The van der Waals surface area contributed by atoms with E-state index in [4.69, 9.17) is 14.6 Å². The molecule has 0 aliphatic carbocycles. The number of ether oxygens (including phenoxy) is 2. The number of hydrogen-bond acceptors (Lipinski definition) is 3. The molecule has 1 aliphatic rings. The summed E-state index contributed by atoms with van der Waals surface area (Å²) < 4.78 is 48.3. The first kappa shape index (κ1) is 22.7. The van der Waals surface area contributed by atoms with E-state index < -0.39 is 18.8 Å². The van der Waals surface area contributed by atoms with Crippen molar-refractivity contribution in [3.63, 3.8) is 0 Å². The minimum absolute atomic E-state index is 0.0755. The summed E-state index contributed by atoms with van der Waals surface area (Å²) in [6, 6.07) is 20.2. The van der Waals surface area contributed by atoms with Crippen molar-refractivity contribution in [3.8, 4) is 22.6 Å². The zero-order valence-electron chi connectivity index (χ0n) is 17.8. The third-order valence-electron chi connectivity index (χ3n) is 5.56. The van der Waals surface area contributed by atoms with Gasteiger partial charge in [-0.1, -0.05) is 48.5 Å².